The molecule has 0 bridgehead atoms. The lowest BCUT2D eigenvalue weighted by Crippen LogP contribution is -2.46. The van der Waals surface area contributed by atoms with Gasteiger partial charge < -0.3 is 9.47 Å². The number of nitrogens with zero attached hydrogens (tertiary/aromatic N) is 3. The standard InChI is InChI=1S/C22H21Cl2N3O3S/c1-11(2)19-21(28)26-20-14-8-17(29-3)18(30-4)9-16(14)25-22(27(19)20)31-10-12-5-6-13(23)7-15(12)24/h5-9,11,19H,10H2,1-4H3. The molecule has 1 atom stereocenters. The number of thioether (sulfide) groups is 1. The number of methoxy groups -OCH3 is 2. The minimum Gasteiger partial charge on any atom is -0.493 e. The second kappa shape index (κ2) is 8.73. The van der Waals surface area contributed by atoms with Crippen LogP contribution in [0, 0.1) is 5.92 Å². The zero-order chi connectivity index (χ0) is 22.3. The van der Waals surface area contributed by atoms with E-state index >= 15 is 0 Å². The number of hydrogen-bond acceptors (Lipinski definition) is 6. The van der Waals surface area contributed by atoms with Gasteiger partial charge in [-0.1, -0.05) is 54.9 Å². The molecule has 2 heterocycles. The number of ether oxygens (including phenoxy) is 2. The molecular weight excluding hydrogens is 457 g/mol. The number of amides is 1. The molecule has 0 spiro atoms. The lowest BCUT2D eigenvalue weighted by molar-refractivity contribution is -0.120. The van der Waals surface area contributed by atoms with Crippen LogP contribution < -0.4 is 9.47 Å². The maximum absolute atomic E-state index is 12.8. The highest BCUT2D eigenvalue weighted by Gasteiger charge is 2.43. The summed E-state index contributed by atoms with van der Waals surface area (Å²) in [5, 5.41) is 1.87. The fraction of sp³-hybridized carbons (Fsp3) is 0.318. The van der Waals surface area contributed by atoms with E-state index < -0.39 is 6.04 Å². The summed E-state index contributed by atoms with van der Waals surface area (Å²) in [5.41, 5.74) is 2.35. The van der Waals surface area contributed by atoms with Crippen molar-refractivity contribution < 1.29 is 14.3 Å². The quantitative estimate of drug-likeness (QED) is 0.563. The molecule has 2 aliphatic heterocycles. The molecule has 0 radical (unpaired) electrons. The molecule has 1 unspecified atom stereocenters. The Morgan fingerprint density at radius 3 is 2.45 bits per heavy atom. The zero-order valence-corrected chi connectivity index (χ0v) is 19.8. The van der Waals surface area contributed by atoms with Crippen LogP contribution in [0.15, 0.2) is 40.3 Å². The lowest BCUT2D eigenvalue weighted by Gasteiger charge is -2.33. The Balaban J connectivity index is 1.78. The van der Waals surface area contributed by atoms with Crippen molar-refractivity contribution in [2.75, 3.05) is 14.2 Å². The third-order valence-corrected chi connectivity index (χ3v) is 6.73. The molecular formula is C22H21Cl2N3O3S. The fourth-order valence-electron chi connectivity index (χ4n) is 3.63. The van der Waals surface area contributed by atoms with E-state index in [2.05, 4.69) is 4.99 Å². The van der Waals surface area contributed by atoms with Crippen LogP contribution in [0.2, 0.25) is 10.0 Å². The summed E-state index contributed by atoms with van der Waals surface area (Å²) in [6.45, 7) is 4.01. The second-order valence-electron chi connectivity index (χ2n) is 7.48. The van der Waals surface area contributed by atoms with Gasteiger partial charge in [-0.05, 0) is 29.7 Å². The third-order valence-electron chi connectivity index (χ3n) is 5.14. The van der Waals surface area contributed by atoms with Crippen LogP contribution in [0.25, 0.3) is 0 Å². The van der Waals surface area contributed by atoms with Gasteiger partial charge in [-0.2, -0.15) is 4.99 Å². The molecule has 1 amide bonds. The van der Waals surface area contributed by atoms with Crippen molar-refractivity contribution >= 4 is 57.6 Å². The minimum atomic E-state index is -0.414. The van der Waals surface area contributed by atoms with E-state index in [1.165, 1.54) is 11.8 Å². The highest BCUT2D eigenvalue weighted by molar-refractivity contribution is 8.13. The number of hydrogen-bond donors (Lipinski definition) is 0. The lowest BCUT2D eigenvalue weighted by atomic mass is 10.0. The van der Waals surface area contributed by atoms with E-state index in [1.54, 1.807) is 26.4 Å². The third kappa shape index (κ3) is 4.02. The monoisotopic (exact) mass is 477 g/mol. The maximum Gasteiger partial charge on any atom is 0.271 e. The first-order chi connectivity index (χ1) is 14.8. The minimum absolute atomic E-state index is 0.0559. The first-order valence-electron chi connectivity index (χ1n) is 9.67. The summed E-state index contributed by atoms with van der Waals surface area (Å²) in [5.74, 6) is 2.16. The molecule has 2 aromatic rings. The normalized spacial score (nSPS) is 17.3. The van der Waals surface area contributed by atoms with E-state index in [1.807, 2.05) is 36.9 Å². The molecule has 6 nitrogen and oxygen atoms in total. The predicted molar refractivity (Wildman–Crippen MR) is 126 cm³/mol. The van der Waals surface area contributed by atoms with Crippen molar-refractivity contribution in [3.05, 3.63) is 51.5 Å². The summed E-state index contributed by atoms with van der Waals surface area (Å²) >= 11 is 13.9. The predicted octanol–water partition coefficient (Wildman–Crippen LogP) is 5.56. The van der Waals surface area contributed by atoms with Gasteiger partial charge in [0, 0.05) is 27.4 Å². The van der Waals surface area contributed by atoms with Crippen LogP contribution in [0.4, 0.5) is 5.69 Å². The van der Waals surface area contributed by atoms with Crippen molar-refractivity contribution in [3.8, 4) is 11.5 Å². The summed E-state index contributed by atoms with van der Waals surface area (Å²) in [6.07, 6.45) is 0. The zero-order valence-electron chi connectivity index (χ0n) is 17.5. The number of carbonyl (C=O) groups excluding carboxylic acids is 1. The maximum atomic E-state index is 12.8. The molecule has 0 saturated heterocycles. The first kappa shape index (κ1) is 22.0. The summed E-state index contributed by atoms with van der Waals surface area (Å²) in [6, 6.07) is 8.63. The summed E-state index contributed by atoms with van der Waals surface area (Å²) in [4.78, 5) is 24.0. The molecule has 31 heavy (non-hydrogen) atoms. The average Bonchev–Trinajstić information content (AvgIpc) is 3.09. The van der Waals surface area contributed by atoms with Crippen molar-refractivity contribution in [2.24, 2.45) is 15.9 Å². The smallest absolute Gasteiger partial charge is 0.271 e. The van der Waals surface area contributed by atoms with Crippen LogP contribution in [0.3, 0.4) is 0 Å². The van der Waals surface area contributed by atoms with Gasteiger partial charge >= 0.3 is 0 Å². The number of fused-ring (bicyclic) bond motifs is 3. The van der Waals surface area contributed by atoms with Gasteiger partial charge in [-0.15, -0.1) is 0 Å². The van der Waals surface area contributed by atoms with E-state index in [-0.39, 0.29) is 11.8 Å². The van der Waals surface area contributed by atoms with Gasteiger partial charge in [-0.25, -0.2) is 4.99 Å². The highest BCUT2D eigenvalue weighted by atomic mass is 35.5. The van der Waals surface area contributed by atoms with Gasteiger partial charge in [0.25, 0.3) is 5.91 Å². The SMILES string of the molecule is COc1cc2c(cc1OC)C1=NC(=O)C(C(C)C)N1C(SCc1ccc(Cl)cc1Cl)=N2. The van der Waals surface area contributed by atoms with Gasteiger partial charge in [0.2, 0.25) is 0 Å². The van der Waals surface area contributed by atoms with Crippen LogP contribution in [-0.4, -0.2) is 42.1 Å². The first-order valence-corrected chi connectivity index (χ1v) is 11.4. The number of aliphatic imine (C=N–C) groups is 2. The topological polar surface area (TPSA) is 63.5 Å². The number of benzene rings is 2. The Labute approximate surface area is 195 Å². The molecule has 2 aliphatic rings. The van der Waals surface area contributed by atoms with Gasteiger partial charge in [-0.3, -0.25) is 9.69 Å². The summed E-state index contributed by atoms with van der Waals surface area (Å²) in [7, 11) is 3.15. The van der Waals surface area contributed by atoms with Gasteiger partial charge in [0.05, 0.1) is 19.9 Å². The van der Waals surface area contributed by atoms with Crippen molar-refractivity contribution in [3.63, 3.8) is 0 Å². The van der Waals surface area contributed by atoms with Crippen molar-refractivity contribution in [1.82, 2.24) is 4.90 Å². The molecule has 0 fully saturated rings. The number of rotatable bonds is 5. The van der Waals surface area contributed by atoms with Crippen LogP contribution in [0.5, 0.6) is 11.5 Å². The van der Waals surface area contributed by atoms with Crippen LogP contribution in [-0.2, 0) is 10.5 Å². The van der Waals surface area contributed by atoms with Crippen molar-refractivity contribution in [2.45, 2.75) is 25.6 Å². The van der Waals surface area contributed by atoms with Crippen molar-refractivity contribution in [1.29, 1.82) is 0 Å². The van der Waals surface area contributed by atoms with Gasteiger partial charge in [0.15, 0.2) is 16.7 Å². The number of amidine groups is 2. The van der Waals surface area contributed by atoms with Crippen LogP contribution >= 0.6 is 35.0 Å². The average molecular weight is 478 g/mol. The van der Waals surface area contributed by atoms with Gasteiger partial charge in [0.1, 0.15) is 11.9 Å². The van der Waals surface area contributed by atoms with E-state index in [9.17, 15) is 4.79 Å². The molecule has 2 aromatic carbocycles. The van der Waals surface area contributed by atoms with E-state index in [4.69, 9.17) is 37.7 Å². The molecule has 162 valence electrons. The van der Waals surface area contributed by atoms with E-state index in [0.717, 1.165) is 11.1 Å². The Bertz CT molecular complexity index is 1120. The summed E-state index contributed by atoms with van der Waals surface area (Å²) < 4.78 is 10.9. The molecule has 0 N–H and O–H groups in total. The molecule has 9 heteroatoms. The molecule has 4 rings (SSSR count). The number of halogens is 2. The Kier molecular flexibility index (Phi) is 6.19. The molecule has 0 saturated carbocycles. The Morgan fingerprint density at radius 1 is 1.10 bits per heavy atom. The Morgan fingerprint density at radius 2 is 1.81 bits per heavy atom. The fourth-order valence-corrected chi connectivity index (χ4v) is 5.22. The van der Waals surface area contributed by atoms with Crippen LogP contribution in [0.1, 0.15) is 25.0 Å². The largest absolute Gasteiger partial charge is 0.493 e. The Hall–Kier alpha value is -2.22. The van der Waals surface area contributed by atoms with E-state index in [0.29, 0.717) is 44.0 Å². The highest BCUT2D eigenvalue weighted by Crippen LogP contribution is 2.42. The molecule has 0 aliphatic carbocycles. The second-order valence-corrected chi connectivity index (χ2v) is 9.26. The molecule has 0 aromatic heterocycles. The number of carbonyl (C=O) groups is 1.